The van der Waals surface area contributed by atoms with Gasteiger partial charge in [-0.3, -0.25) is 0 Å². The van der Waals surface area contributed by atoms with Crippen LogP contribution in [0.15, 0.2) is 11.0 Å². The number of rotatable bonds is 4. The summed E-state index contributed by atoms with van der Waals surface area (Å²) in [7, 11) is 1.69. The van der Waals surface area contributed by atoms with E-state index in [1.165, 1.54) is 0 Å². The monoisotopic (exact) mass is 386 g/mol. The Morgan fingerprint density at radius 3 is 3.24 bits per heavy atom. The van der Waals surface area contributed by atoms with Gasteiger partial charge in [0.15, 0.2) is 0 Å². The number of aromatic hydroxyl groups is 1. The first-order valence-corrected chi connectivity index (χ1v) is 9.19. The van der Waals surface area contributed by atoms with Crippen LogP contribution in [0.3, 0.4) is 0 Å². The molecule has 0 bridgehead atoms. The van der Waals surface area contributed by atoms with Gasteiger partial charge in [0, 0.05) is 17.4 Å². The molecule has 1 N–H and O–H groups in total. The van der Waals surface area contributed by atoms with E-state index < -0.39 is 0 Å². The third-order valence-electron chi connectivity index (χ3n) is 2.39. The van der Waals surface area contributed by atoms with Gasteiger partial charge < -0.3 is 9.84 Å². The number of phenols is 1. The Morgan fingerprint density at radius 2 is 2.47 bits per heavy atom. The lowest BCUT2D eigenvalue weighted by Gasteiger charge is -2.20. The largest absolute Gasteiger partial charge is 0.508 e. The molecular formula is C10H11IO4S2. The summed E-state index contributed by atoms with van der Waals surface area (Å²) >= 11 is 3.35. The number of fused-ring (bicyclic) bond motifs is 1. The normalized spacial score (nSPS) is 14.5. The fraction of sp³-hybridized carbons (Fsp3) is 0.400. The smallest absolute Gasteiger partial charge is 0.139 e. The molecule has 0 saturated heterocycles. The molecule has 1 heterocycles. The summed E-state index contributed by atoms with van der Waals surface area (Å²) in [5.74, 6) is 1.78. The zero-order chi connectivity index (χ0) is 12.3. The predicted octanol–water partition coefficient (Wildman–Crippen LogP) is 3.63. The number of benzene rings is 1. The maximum absolute atomic E-state index is 9.82. The molecule has 1 aliphatic heterocycles. The van der Waals surface area contributed by atoms with E-state index in [1.807, 2.05) is 6.92 Å². The molecule has 0 saturated carbocycles. The van der Waals surface area contributed by atoms with Crippen molar-refractivity contribution in [2.75, 3.05) is 12.4 Å². The van der Waals surface area contributed by atoms with Crippen molar-refractivity contribution in [2.45, 2.75) is 18.4 Å². The minimum absolute atomic E-state index is 0.229. The number of hydrogen-bond acceptors (Lipinski definition) is 6. The molecule has 0 aliphatic carbocycles. The molecule has 0 aromatic heterocycles. The van der Waals surface area contributed by atoms with E-state index in [0.717, 1.165) is 33.8 Å². The van der Waals surface area contributed by atoms with Crippen molar-refractivity contribution in [1.29, 1.82) is 0 Å². The van der Waals surface area contributed by atoms with Crippen molar-refractivity contribution in [2.24, 2.45) is 0 Å². The van der Waals surface area contributed by atoms with Crippen LogP contribution in [-0.2, 0) is 15.8 Å². The number of phenolic OH excluding ortho intramolecular Hbond substituents is 1. The Kier molecular flexibility index (Phi) is 5.10. The maximum atomic E-state index is 9.82. The van der Waals surface area contributed by atoms with Crippen LogP contribution in [0.2, 0.25) is 0 Å². The zero-order valence-electron chi connectivity index (χ0n) is 9.07. The second kappa shape index (κ2) is 6.37. The molecule has 0 spiro atoms. The average Bonchev–Trinajstić information content (AvgIpc) is 2.36. The highest BCUT2D eigenvalue weighted by Crippen LogP contribution is 2.42. The van der Waals surface area contributed by atoms with Gasteiger partial charge >= 0.3 is 0 Å². The van der Waals surface area contributed by atoms with E-state index >= 15 is 0 Å². The van der Waals surface area contributed by atoms with Gasteiger partial charge in [-0.2, -0.15) is 4.33 Å². The van der Waals surface area contributed by atoms with Gasteiger partial charge in [0.25, 0.3) is 0 Å². The minimum atomic E-state index is 0.229. The van der Waals surface area contributed by atoms with Crippen LogP contribution < -0.4 is 4.74 Å². The summed E-state index contributed by atoms with van der Waals surface area (Å²) in [6.07, 6.45) is 0. The summed E-state index contributed by atoms with van der Waals surface area (Å²) in [6.45, 7) is 2.79. The zero-order valence-corrected chi connectivity index (χ0v) is 12.9. The van der Waals surface area contributed by atoms with Crippen LogP contribution >= 0.6 is 42.2 Å². The maximum Gasteiger partial charge on any atom is 0.139 e. The van der Waals surface area contributed by atoms with Gasteiger partial charge in [0.1, 0.15) is 18.1 Å². The Balaban J connectivity index is 2.28. The molecule has 2 rings (SSSR count). The lowest BCUT2D eigenvalue weighted by Crippen LogP contribution is -2.07. The third-order valence-corrected chi connectivity index (χ3v) is 4.81. The molecule has 94 valence electrons. The van der Waals surface area contributed by atoms with Gasteiger partial charge in [-0.1, -0.05) is 8.93 Å². The highest BCUT2D eigenvalue weighted by molar-refractivity contribution is 14.2. The second-order valence-corrected chi connectivity index (χ2v) is 6.61. The molecular weight excluding hydrogens is 375 g/mol. The third kappa shape index (κ3) is 3.14. The summed E-state index contributed by atoms with van der Waals surface area (Å²) < 4.78 is 10.5. The van der Waals surface area contributed by atoms with Gasteiger partial charge in [-0.15, -0.1) is 0 Å². The fourth-order valence-electron chi connectivity index (χ4n) is 1.47. The Hall–Kier alpha value is 0.170. The van der Waals surface area contributed by atoms with Gasteiger partial charge in [-0.05, 0) is 33.7 Å². The molecule has 4 nitrogen and oxygen atoms in total. The van der Waals surface area contributed by atoms with Gasteiger partial charge in [-0.25, -0.2) is 4.89 Å². The van der Waals surface area contributed by atoms with Crippen molar-refractivity contribution in [3.63, 3.8) is 0 Å². The summed E-state index contributed by atoms with van der Waals surface area (Å²) in [4.78, 5) is 5.80. The number of ether oxygens (including phenoxy) is 1. The minimum Gasteiger partial charge on any atom is -0.508 e. The topological polar surface area (TPSA) is 47.9 Å². The van der Waals surface area contributed by atoms with Crippen molar-refractivity contribution in [3.8, 4) is 11.5 Å². The van der Waals surface area contributed by atoms with Crippen molar-refractivity contribution < 1.29 is 19.1 Å². The first-order valence-electron chi connectivity index (χ1n) is 4.92. The summed E-state index contributed by atoms with van der Waals surface area (Å²) in [6, 6.07) is 1.63. The van der Waals surface area contributed by atoms with Crippen LogP contribution in [0, 0.1) is 6.92 Å². The van der Waals surface area contributed by atoms with E-state index in [9.17, 15) is 5.11 Å². The van der Waals surface area contributed by atoms with E-state index in [-0.39, 0.29) is 5.75 Å². The van der Waals surface area contributed by atoms with Crippen molar-refractivity contribution >= 4 is 42.2 Å². The molecule has 7 heteroatoms. The molecule has 0 unspecified atom stereocenters. The molecule has 0 radical (unpaired) electrons. The van der Waals surface area contributed by atoms with Crippen LogP contribution in [0.4, 0.5) is 0 Å². The molecule has 1 aromatic rings. The molecule has 17 heavy (non-hydrogen) atoms. The first kappa shape index (κ1) is 13.6. The Labute approximate surface area is 120 Å². The predicted molar refractivity (Wildman–Crippen MR) is 76.5 cm³/mol. The fourth-order valence-corrected chi connectivity index (χ4v) is 2.83. The molecule has 0 atom stereocenters. The van der Waals surface area contributed by atoms with Crippen LogP contribution in [0.1, 0.15) is 11.1 Å². The Bertz CT molecular complexity index is 414. The molecule has 1 aliphatic rings. The van der Waals surface area contributed by atoms with Crippen LogP contribution in [0.25, 0.3) is 0 Å². The Morgan fingerprint density at radius 1 is 1.65 bits per heavy atom. The van der Waals surface area contributed by atoms with Crippen LogP contribution in [-0.4, -0.2) is 17.5 Å². The quantitative estimate of drug-likeness (QED) is 0.369. The standard InChI is InChI=1S/C10H11IO4S2/c1-6-7-5-14-15-17-10(7)9(4-8(6)12)13-2-3-16-11/h4,12H,2-3,5H2,1H3. The second-order valence-electron chi connectivity index (χ2n) is 3.40. The van der Waals surface area contributed by atoms with Crippen molar-refractivity contribution in [1.82, 2.24) is 0 Å². The van der Waals surface area contributed by atoms with Gasteiger partial charge in [0.2, 0.25) is 0 Å². The first-order chi connectivity index (χ1) is 8.24. The molecule has 0 fully saturated rings. The van der Waals surface area contributed by atoms with E-state index in [4.69, 9.17) is 14.0 Å². The molecule has 0 amide bonds. The van der Waals surface area contributed by atoms with E-state index in [1.54, 1.807) is 15.0 Å². The van der Waals surface area contributed by atoms with Crippen LogP contribution in [0.5, 0.6) is 11.5 Å². The number of hydrogen-bond donors (Lipinski definition) is 1. The van der Waals surface area contributed by atoms with E-state index in [0.29, 0.717) is 19.0 Å². The number of halogens is 1. The van der Waals surface area contributed by atoms with Gasteiger partial charge in [0.05, 0.1) is 23.5 Å². The highest BCUT2D eigenvalue weighted by atomic mass is 127. The lowest BCUT2D eigenvalue weighted by molar-refractivity contribution is -0.207. The van der Waals surface area contributed by atoms with E-state index in [2.05, 4.69) is 21.2 Å². The lowest BCUT2D eigenvalue weighted by atomic mass is 10.1. The summed E-state index contributed by atoms with van der Waals surface area (Å²) in [5.41, 5.74) is 1.74. The highest BCUT2D eigenvalue weighted by Gasteiger charge is 2.22. The molecule has 1 aromatic carbocycles. The average molecular weight is 386 g/mol. The SMILES string of the molecule is Cc1c(O)cc(OCCSI)c2c1COOS2. The summed E-state index contributed by atoms with van der Waals surface area (Å²) in [5, 5.41) is 9.82. The van der Waals surface area contributed by atoms with Crippen molar-refractivity contribution in [3.05, 3.63) is 17.2 Å².